The van der Waals surface area contributed by atoms with Gasteiger partial charge in [-0.1, -0.05) is 6.58 Å². The molecular formula is C11H14O6. The van der Waals surface area contributed by atoms with Gasteiger partial charge >= 0.3 is 11.9 Å². The Morgan fingerprint density at radius 2 is 1.71 bits per heavy atom. The van der Waals surface area contributed by atoms with Gasteiger partial charge in [0.15, 0.2) is 12.7 Å². The fourth-order valence-electron chi connectivity index (χ4n) is 0.780. The van der Waals surface area contributed by atoms with Crippen LogP contribution in [0, 0.1) is 0 Å². The molecule has 0 aliphatic heterocycles. The lowest BCUT2D eigenvalue weighted by Gasteiger charge is -2.11. The summed E-state index contributed by atoms with van der Waals surface area (Å²) in [6.07, 6.45) is -1.22. The van der Waals surface area contributed by atoms with E-state index >= 15 is 0 Å². The quantitative estimate of drug-likeness (QED) is 0.375. The van der Waals surface area contributed by atoms with Gasteiger partial charge in [-0.3, -0.25) is 14.4 Å². The van der Waals surface area contributed by atoms with Crippen LogP contribution < -0.4 is 0 Å². The molecule has 94 valence electrons. The highest BCUT2D eigenvalue weighted by atomic mass is 16.5. The molecule has 0 rings (SSSR count). The summed E-state index contributed by atoms with van der Waals surface area (Å²) in [5.41, 5.74) is 0.122. The predicted molar refractivity (Wildman–Crippen MR) is 57.0 cm³/mol. The Hall–Kier alpha value is -1.98. The predicted octanol–water partition coefficient (Wildman–Crippen LogP) is 0.196. The SMILES string of the molecule is C=C(C)C(=O)OC(C)C(=O)C(=O)COC(C)=O. The van der Waals surface area contributed by atoms with Crippen LogP contribution in [-0.2, 0) is 28.7 Å². The molecule has 6 heteroatoms. The second-order valence-corrected chi connectivity index (χ2v) is 3.40. The van der Waals surface area contributed by atoms with E-state index in [2.05, 4.69) is 16.1 Å². The molecule has 0 saturated heterocycles. The van der Waals surface area contributed by atoms with Gasteiger partial charge in [-0.25, -0.2) is 4.79 Å². The van der Waals surface area contributed by atoms with Crippen LogP contribution in [0.3, 0.4) is 0 Å². The van der Waals surface area contributed by atoms with E-state index in [4.69, 9.17) is 0 Å². The molecular weight excluding hydrogens is 228 g/mol. The van der Waals surface area contributed by atoms with Gasteiger partial charge in [-0.05, 0) is 13.8 Å². The molecule has 0 aliphatic rings. The second kappa shape index (κ2) is 6.57. The zero-order valence-electron chi connectivity index (χ0n) is 9.94. The van der Waals surface area contributed by atoms with Crippen molar-refractivity contribution in [3.8, 4) is 0 Å². The van der Waals surface area contributed by atoms with Crippen molar-refractivity contribution in [2.24, 2.45) is 0 Å². The monoisotopic (exact) mass is 242 g/mol. The van der Waals surface area contributed by atoms with Crippen molar-refractivity contribution in [3.05, 3.63) is 12.2 Å². The van der Waals surface area contributed by atoms with E-state index in [0.717, 1.165) is 6.92 Å². The highest BCUT2D eigenvalue weighted by Gasteiger charge is 2.25. The zero-order valence-corrected chi connectivity index (χ0v) is 9.94. The topological polar surface area (TPSA) is 86.7 Å². The minimum atomic E-state index is -1.22. The van der Waals surface area contributed by atoms with E-state index in [9.17, 15) is 19.2 Å². The molecule has 0 aromatic carbocycles. The van der Waals surface area contributed by atoms with Gasteiger partial charge < -0.3 is 9.47 Å². The lowest BCUT2D eigenvalue weighted by atomic mass is 10.2. The average Bonchev–Trinajstić information content (AvgIpc) is 2.24. The van der Waals surface area contributed by atoms with Crippen LogP contribution in [0.4, 0.5) is 0 Å². The molecule has 1 atom stereocenters. The Morgan fingerprint density at radius 3 is 2.12 bits per heavy atom. The van der Waals surface area contributed by atoms with Crippen molar-refractivity contribution >= 4 is 23.5 Å². The Morgan fingerprint density at radius 1 is 1.18 bits per heavy atom. The lowest BCUT2D eigenvalue weighted by Crippen LogP contribution is -2.33. The summed E-state index contributed by atoms with van der Waals surface area (Å²) >= 11 is 0. The normalized spacial score (nSPS) is 11.2. The minimum absolute atomic E-state index is 0.122. The van der Waals surface area contributed by atoms with Gasteiger partial charge in [0.05, 0.1) is 0 Å². The van der Waals surface area contributed by atoms with E-state index in [0.29, 0.717) is 0 Å². The third-order valence-corrected chi connectivity index (χ3v) is 1.68. The molecule has 0 bridgehead atoms. The zero-order chi connectivity index (χ0) is 13.6. The van der Waals surface area contributed by atoms with Crippen LogP contribution in [0.2, 0.25) is 0 Å². The fraction of sp³-hybridized carbons (Fsp3) is 0.455. The highest BCUT2D eigenvalue weighted by Crippen LogP contribution is 2.00. The first-order chi connectivity index (χ1) is 7.75. The number of hydrogen-bond acceptors (Lipinski definition) is 6. The first-order valence-electron chi connectivity index (χ1n) is 4.82. The van der Waals surface area contributed by atoms with Crippen molar-refractivity contribution in [2.45, 2.75) is 26.9 Å². The maximum Gasteiger partial charge on any atom is 0.333 e. The molecule has 1 unspecified atom stereocenters. The highest BCUT2D eigenvalue weighted by molar-refractivity contribution is 6.39. The maximum atomic E-state index is 11.4. The van der Waals surface area contributed by atoms with Crippen molar-refractivity contribution < 1.29 is 28.7 Å². The summed E-state index contributed by atoms with van der Waals surface area (Å²) in [7, 11) is 0. The van der Waals surface area contributed by atoms with Crippen molar-refractivity contribution in [1.29, 1.82) is 0 Å². The average molecular weight is 242 g/mol. The molecule has 0 aromatic heterocycles. The van der Waals surface area contributed by atoms with Gasteiger partial charge in [-0.15, -0.1) is 0 Å². The van der Waals surface area contributed by atoms with Crippen LogP contribution >= 0.6 is 0 Å². The summed E-state index contributed by atoms with van der Waals surface area (Å²) in [6.45, 7) is 6.47. The third-order valence-electron chi connectivity index (χ3n) is 1.68. The molecule has 6 nitrogen and oxygen atoms in total. The second-order valence-electron chi connectivity index (χ2n) is 3.40. The number of ether oxygens (including phenoxy) is 2. The molecule has 0 saturated carbocycles. The molecule has 0 heterocycles. The van der Waals surface area contributed by atoms with Gasteiger partial charge in [0.1, 0.15) is 0 Å². The summed E-state index contributed by atoms with van der Waals surface area (Å²) in [5.74, 6) is -3.29. The Labute approximate surface area is 98.6 Å². The number of Topliss-reactive ketones (excluding diaryl/α,β-unsaturated/α-hetero) is 2. The largest absolute Gasteiger partial charge is 0.457 e. The van der Waals surface area contributed by atoms with Gasteiger partial charge in [0.25, 0.3) is 0 Å². The number of rotatable bonds is 6. The molecule has 0 aromatic rings. The van der Waals surface area contributed by atoms with E-state index in [1.54, 1.807) is 0 Å². The van der Waals surface area contributed by atoms with Gasteiger partial charge in [0, 0.05) is 12.5 Å². The van der Waals surface area contributed by atoms with E-state index in [-0.39, 0.29) is 5.57 Å². The van der Waals surface area contributed by atoms with E-state index in [1.165, 1.54) is 13.8 Å². The minimum Gasteiger partial charge on any atom is -0.457 e. The van der Waals surface area contributed by atoms with Crippen molar-refractivity contribution in [1.82, 2.24) is 0 Å². The smallest absolute Gasteiger partial charge is 0.333 e. The van der Waals surface area contributed by atoms with E-state index in [1.807, 2.05) is 0 Å². The molecule has 0 radical (unpaired) electrons. The lowest BCUT2D eigenvalue weighted by molar-refractivity contribution is -0.156. The van der Waals surface area contributed by atoms with Crippen LogP contribution in [0.25, 0.3) is 0 Å². The van der Waals surface area contributed by atoms with Crippen LogP contribution in [0.5, 0.6) is 0 Å². The Bertz CT molecular complexity index is 368. The Balaban J connectivity index is 4.30. The number of carbonyl (C=O) groups excluding carboxylic acids is 4. The van der Waals surface area contributed by atoms with Crippen LogP contribution in [-0.4, -0.2) is 36.2 Å². The Kier molecular flexibility index (Phi) is 5.80. The third kappa shape index (κ3) is 5.60. The van der Waals surface area contributed by atoms with Crippen molar-refractivity contribution in [3.63, 3.8) is 0 Å². The first kappa shape index (κ1) is 15.0. The molecule has 0 spiro atoms. The fourth-order valence-corrected chi connectivity index (χ4v) is 0.780. The van der Waals surface area contributed by atoms with Crippen LogP contribution in [0.1, 0.15) is 20.8 Å². The van der Waals surface area contributed by atoms with E-state index < -0.39 is 36.2 Å². The number of ketones is 2. The summed E-state index contributed by atoms with van der Waals surface area (Å²) in [5, 5.41) is 0. The van der Waals surface area contributed by atoms with Gasteiger partial charge in [0.2, 0.25) is 11.6 Å². The summed E-state index contributed by atoms with van der Waals surface area (Å²) < 4.78 is 9.01. The number of esters is 2. The van der Waals surface area contributed by atoms with Crippen LogP contribution in [0.15, 0.2) is 12.2 Å². The summed E-state index contributed by atoms with van der Waals surface area (Å²) in [6, 6.07) is 0. The molecule has 0 fully saturated rings. The molecule has 0 amide bonds. The number of carbonyl (C=O) groups is 4. The summed E-state index contributed by atoms with van der Waals surface area (Å²) in [4.78, 5) is 44.1. The maximum absolute atomic E-state index is 11.4. The molecule has 0 N–H and O–H groups in total. The molecule has 0 aliphatic carbocycles. The van der Waals surface area contributed by atoms with Crippen molar-refractivity contribution in [2.75, 3.05) is 6.61 Å². The molecule has 17 heavy (non-hydrogen) atoms. The first-order valence-corrected chi connectivity index (χ1v) is 4.82. The number of hydrogen-bond donors (Lipinski definition) is 0. The standard InChI is InChI=1S/C11H14O6/c1-6(2)11(15)17-7(3)10(14)9(13)5-16-8(4)12/h7H,1,5H2,2-4H3. The van der Waals surface area contributed by atoms with Gasteiger partial charge in [-0.2, -0.15) is 0 Å².